The minimum absolute atomic E-state index is 0. The molecule has 0 rings (SSSR count). The van der Waals surface area contributed by atoms with Gasteiger partial charge in [0.1, 0.15) is 0 Å². The lowest BCUT2D eigenvalue weighted by Crippen LogP contribution is -3.00. The van der Waals surface area contributed by atoms with Crippen LogP contribution in [0.5, 0.6) is 0 Å². The predicted octanol–water partition coefficient (Wildman–Crippen LogP) is 3.01. The molecule has 0 unspecified atom stereocenters. The normalized spacial score (nSPS) is 11.4. The van der Waals surface area contributed by atoms with Crippen molar-refractivity contribution >= 4 is 11.6 Å². The van der Waals surface area contributed by atoms with Crippen molar-refractivity contribution in [1.29, 1.82) is 0 Å². The van der Waals surface area contributed by atoms with Crippen molar-refractivity contribution in [2.75, 3.05) is 33.1 Å². The van der Waals surface area contributed by atoms with Crippen molar-refractivity contribution in [1.82, 2.24) is 0 Å². The van der Waals surface area contributed by atoms with E-state index in [0.29, 0.717) is 0 Å². The summed E-state index contributed by atoms with van der Waals surface area (Å²) < 4.78 is 1.08. The molecule has 0 aromatic heterocycles. The first-order valence-electron chi connectivity index (χ1n) is 9.00. The number of hydrogen-bond acceptors (Lipinski definition) is 0. The average Bonchev–Trinajstić information content (AvgIpc) is 2.40. The topological polar surface area (TPSA) is 0 Å². The van der Waals surface area contributed by atoms with Crippen LogP contribution in [-0.4, -0.2) is 37.5 Å². The van der Waals surface area contributed by atoms with Gasteiger partial charge in [0.25, 0.3) is 0 Å². The molecule has 0 aliphatic carbocycles. The third-order valence-electron chi connectivity index (χ3n) is 4.31. The summed E-state index contributed by atoms with van der Waals surface area (Å²) in [6, 6.07) is 0. The van der Waals surface area contributed by atoms with E-state index in [1.807, 2.05) is 0 Å². The molecule has 130 valence electrons. The maximum absolute atomic E-state index is 5.82. The summed E-state index contributed by atoms with van der Waals surface area (Å²) in [5.74, 6) is 0.783. The van der Waals surface area contributed by atoms with Crippen molar-refractivity contribution in [2.24, 2.45) is 0 Å². The van der Waals surface area contributed by atoms with Crippen LogP contribution in [0.15, 0.2) is 0 Å². The quantitative estimate of drug-likeness (QED) is 0.244. The first kappa shape index (κ1) is 23.8. The summed E-state index contributed by atoms with van der Waals surface area (Å²) >= 11 is 5.82. The molecule has 0 aromatic rings. The average molecular weight is 340 g/mol. The summed E-state index contributed by atoms with van der Waals surface area (Å²) in [7, 11) is 4.59. The predicted molar refractivity (Wildman–Crippen MR) is 93.6 cm³/mol. The van der Waals surface area contributed by atoms with Crippen molar-refractivity contribution in [3.05, 3.63) is 0 Å². The minimum Gasteiger partial charge on any atom is -1.00 e. The van der Waals surface area contributed by atoms with E-state index in [0.717, 1.165) is 16.9 Å². The van der Waals surface area contributed by atoms with E-state index in [4.69, 9.17) is 11.6 Å². The maximum Gasteiger partial charge on any atom is 0.0920 e. The van der Waals surface area contributed by atoms with Gasteiger partial charge < -0.3 is 16.9 Å². The molecule has 0 saturated heterocycles. The SMILES string of the molecule is CCCCCCCCCCCCCC[N+](C)(C)CCCl.[Cl-]. The van der Waals surface area contributed by atoms with E-state index in [9.17, 15) is 0 Å². The molecular weight excluding hydrogens is 301 g/mol. The molecule has 0 bridgehead atoms. The lowest BCUT2D eigenvalue weighted by molar-refractivity contribution is -0.888. The van der Waals surface area contributed by atoms with Gasteiger partial charge in [0, 0.05) is 0 Å². The highest BCUT2D eigenvalue weighted by Crippen LogP contribution is 2.12. The van der Waals surface area contributed by atoms with Crippen molar-refractivity contribution in [3.8, 4) is 0 Å². The Balaban J connectivity index is 0. The van der Waals surface area contributed by atoms with Crippen LogP contribution in [0.25, 0.3) is 0 Å². The highest BCUT2D eigenvalue weighted by molar-refractivity contribution is 6.17. The number of hydrogen-bond donors (Lipinski definition) is 0. The lowest BCUT2D eigenvalue weighted by Gasteiger charge is -2.28. The van der Waals surface area contributed by atoms with Gasteiger partial charge >= 0.3 is 0 Å². The molecular formula is C18H39Cl2N. The Morgan fingerprint density at radius 3 is 1.38 bits per heavy atom. The fourth-order valence-corrected chi connectivity index (χ4v) is 3.18. The number of quaternary nitrogens is 1. The van der Waals surface area contributed by atoms with Gasteiger partial charge in [-0.2, -0.15) is 0 Å². The van der Waals surface area contributed by atoms with Crippen LogP contribution in [-0.2, 0) is 0 Å². The van der Waals surface area contributed by atoms with E-state index in [-0.39, 0.29) is 12.4 Å². The van der Waals surface area contributed by atoms with E-state index < -0.39 is 0 Å². The molecule has 0 amide bonds. The molecule has 1 nitrogen and oxygen atoms in total. The number of halogens is 2. The highest BCUT2D eigenvalue weighted by Gasteiger charge is 2.12. The zero-order valence-electron chi connectivity index (χ0n) is 14.8. The molecule has 0 aromatic carbocycles. The molecule has 0 atom stereocenters. The van der Waals surface area contributed by atoms with Crippen molar-refractivity contribution in [3.63, 3.8) is 0 Å². The fraction of sp³-hybridized carbons (Fsp3) is 1.00. The Morgan fingerprint density at radius 1 is 0.619 bits per heavy atom. The van der Waals surface area contributed by atoms with Crippen molar-refractivity contribution < 1.29 is 16.9 Å². The van der Waals surface area contributed by atoms with Gasteiger partial charge in [-0.3, -0.25) is 0 Å². The first-order valence-corrected chi connectivity index (χ1v) is 9.54. The second-order valence-corrected chi connectivity index (χ2v) is 7.34. The Morgan fingerprint density at radius 2 is 1.00 bits per heavy atom. The van der Waals surface area contributed by atoms with E-state index in [1.54, 1.807) is 0 Å². The first-order chi connectivity index (χ1) is 9.62. The van der Waals surface area contributed by atoms with Crippen molar-refractivity contribution in [2.45, 2.75) is 84.0 Å². The van der Waals surface area contributed by atoms with Gasteiger partial charge in [-0.15, -0.1) is 11.6 Å². The smallest absolute Gasteiger partial charge is 0.0920 e. The summed E-state index contributed by atoms with van der Waals surface area (Å²) in [4.78, 5) is 0. The molecule has 0 N–H and O–H groups in total. The van der Waals surface area contributed by atoms with Gasteiger partial charge in [-0.1, -0.05) is 71.1 Å². The van der Waals surface area contributed by atoms with E-state index >= 15 is 0 Å². The number of alkyl halides is 1. The van der Waals surface area contributed by atoms with Crippen LogP contribution in [0.2, 0.25) is 0 Å². The highest BCUT2D eigenvalue weighted by atomic mass is 35.5. The van der Waals surface area contributed by atoms with Crippen LogP contribution in [0.1, 0.15) is 84.0 Å². The molecule has 0 spiro atoms. The van der Waals surface area contributed by atoms with Gasteiger partial charge in [0.05, 0.1) is 33.1 Å². The monoisotopic (exact) mass is 339 g/mol. The largest absolute Gasteiger partial charge is 1.00 e. The third-order valence-corrected chi connectivity index (χ3v) is 4.48. The molecule has 0 fully saturated rings. The Labute approximate surface area is 145 Å². The van der Waals surface area contributed by atoms with Gasteiger partial charge in [-0.05, 0) is 12.8 Å². The molecule has 0 radical (unpaired) electrons. The van der Waals surface area contributed by atoms with Crippen LogP contribution in [0.4, 0.5) is 0 Å². The van der Waals surface area contributed by atoms with Gasteiger partial charge in [-0.25, -0.2) is 0 Å². The number of unbranched alkanes of at least 4 members (excludes halogenated alkanes) is 11. The van der Waals surface area contributed by atoms with E-state index in [1.165, 1.54) is 83.6 Å². The van der Waals surface area contributed by atoms with Crippen LogP contribution < -0.4 is 12.4 Å². The summed E-state index contributed by atoms with van der Waals surface area (Å²) in [5.41, 5.74) is 0. The molecule has 0 aliphatic heterocycles. The molecule has 0 saturated carbocycles. The Hall–Kier alpha value is 0.540. The zero-order valence-corrected chi connectivity index (χ0v) is 16.3. The van der Waals surface area contributed by atoms with Crippen LogP contribution >= 0.6 is 11.6 Å². The van der Waals surface area contributed by atoms with Crippen LogP contribution in [0.3, 0.4) is 0 Å². The van der Waals surface area contributed by atoms with Crippen LogP contribution in [0, 0.1) is 0 Å². The minimum atomic E-state index is 0. The molecule has 0 aliphatic rings. The third kappa shape index (κ3) is 18.5. The second-order valence-electron chi connectivity index (χ2n) is 6.96. The number of rotatable bonds is 15. The lowest BCUT2D eigenvalue weighted by atomic mass is 10.1. The summed E-state index contributed by atoms with van der Waals surface area (Å²) in [5, 5.41) is 0. The summed E-state index contributed by atoms with van der Waals surface area (Å²) in [6.45, 7) is 4.67. The molecule has 0 heterocycles. The zero-order chi connectivity index (χ0) is 15.1. The molecule has 21 heavy (non-hydrogen) atoms. The van der Waals surface area contributed by atoms with E-state index in [2.05, 4.69) is 21.0 Å². The number of nitrogens with zero attached hydrogens (tertiary/aromatic N) is 1. The fourth-order valence-electron chi connectivity index (χ4n) is 2.72. The van der Waals surface area contributed by atoms with Gasteiger partial charge in [0.15, 0.2) is 0 Å². The molecule has 3 heteroatoms. The van der Waals surface area contributed by atoms with Gasteiger partial charge in [0.2, 0.25) is 0 Å². The second kappa shape index (κ2) is 16.9. The standard InChI is InChI=1S/C18H39ClN.ClH/c1-4-5-6-7-8-9-10-11-12-13-14-15-17-20(2,3)18-16-19;/h4-18H2,1-3H3;1H/q+1;/p-1. The Kier molecular flexibility index (Phi) is 19.2. The summed E-state index contributed by atoms with van der Waals surface area (Å²) in [6.07, 6.45) is 17.2. The Bertz CT molecular complexity index is 196. The maximum atomic E-state index is 5.82.